The molecule has 1 aliphatic heterocycles. The first-order valence-corrected chi connectivity index (χ1v) is 12.1. The Morgan fingerprint density at radius 1 is 1.06 bits per heavy atom. The van der Waals surface area contributed by atoms with Crippen LogP contribution in [0, 0.1) is 23.7 Å². The van der Waals surface area contributed by atoms with Crippen LogP contribution in [0.5, 0.6) is 0 Å². The minimum Gasteiger partial charge on any atom is -0.384 e. The normalized spacial score (nSPS) is 27.5. The Morgan fingerprint density at radius 3 is 2.47 bits per heavy atom. The van der Waals surface area contributed by atoms with E-state index in [1.54, 1.807) is 0 Å². The number of amides is 1. The number of pyridine rings is 1. The van der Waals surface area contributed by atoms with Crippen LogP contribution in [0.3, 0.4) is 0 Å². The van der Waals surface area contributed by atoms with E-state index in [-0.39, 0.29) is 11.8 Å². The first-order valence-electron chi connectivity index (χ1n) is 12.1. The van der Waals surface area contributed by atoms with E-state index in [2.05, 4.69) is 15.2 Å². The molecule has 3 atom stereocenters. The van der Waals surface area contributed by atoms with Crippen LogP contribution in [0.1, 0.15) is 43.4 Å². The van der Waals surface area contributed by atoms with Crippen molar-refractivity contribution in [3.8, 4) is 0 Å². The number of piperidine rings is 1. The Balaban J connectivity index is 1.18. The average Bonchev–Trinajstić information content (AvgIpc) is 3.28. The molecule has 0 spiro atoms. The number of carbonyl (C=O) groups is 1. The molecule has 1 aromatic carbocycles. The van der Waals surface area contributed by atoms with Gasteiger partial charge in [0.05, 0.1) is 5.69 Å². The largest absolute Gasteiger partial charge is 0.384 e. The molecule has 3 unspecified atom stereocenters. The second-order valence-electron chi connectivity index (χ2n) is 9.92. The summed E-state index contributed by atoms with van der Waals surface area (Å²) in [4.78, 5) is 20.2. The van der Waals surface area contributed by atoms with Crippen molar-refractivity contribution in [3.63, 3.8) is 0 Å². The molecule has 5 rings (SSSR count). The fourth-order valence-electron chi connectivity index (χ4n) is 6.09. The van der Waals surface area contributed by atoms with E-state index in [1.165, 1.54) is 6.42 Å². The van der Waals surface area contributed by atoms with Gasteiger partial charge in [-0.05, 0) is 48.3 Å². The molecule has 2 heterocycles. The van der Waals surface area contributed by atoms with Crippen molar-refractivity contribution in [2.45, 2.75) is 44.2 Å². The fraction of sp³-hybridized carbons (Fsp3) is 0.538. The number of anilines is 1. The second-order valence-corrected chi connectivity index (χ2v) is 9.92. The van der Waals surface area contributed by atoms with Gasteiger partial charge >= 0.3 is 0 Å². The summed E-state index contributed by atoms with van der Waals surface area (Å²) in [7, 11) is 0. The van der Waals surface area contributed by atoms with Gasteiger partial charge in [-0.3, -0.25) is 9.69 Å². The minimum atomic E-state index is -1.43. The summed E-state index contributed by atoms with van der Waals surface area (Å²) in [5.74, 6) is 2.08. The Labute approximate surface area is 190 Å². The summed E-state index contributed by atoms with van der Waals surface area (Å²) >= 11 is 0. The molecule has 2 aliphatic carbocycles. The van der Waals surface area contributed by atoms with Crippen LogP contribution in [0.2, 0.25) is 0 Å². The lowest BCUT2D eigenvalue weighted by Gasteiger charge is -2.37. The van der Waals surface area contributed by atoms with Crippen LogP contribution in [0.4, 0.5) is 5.82 Å². The maximum atomic E-state index is 13.4. The lowest BCUT2D eigenvalue weighted by atomic mass is 9.73. The third kappa shape index (κ3) is 4.14. The summed E-state index contributed by atoms with van der Waals surface area (Å²) in [5.41, 5.74) is 6.10. The number of benzene rings is 1. The minimum absolute atomic E-state index is 0.0151. The zero-order valence-electron chi connectivity index (χ0n) is 18.6. The number of nitrogens with one attached hydrogen (secondary N) is 1. The highest BCUT2D eigenvalue weighted by Crippen LogP contribution is 2.51. The van der Waals surface area contributed by atoms with Gasteiger partial charge in [-0.2, -0.15) is 0 Å². The van der Waals surface area contributed by atoms with Gasteiger partial charge in [-0.25, -0.2) is 4.98 Å². The number of hydrogen-bond acceptors (Lipinski definition) is 5. The van der Waals surface area contributed by atoms with E-state index in [0.29, 0.717) is 30.1 Å². The average molecular weight is 435 g/mol. The van der Waals surface area contributed by atoms with E-state index < -0.39 is 5.60 Å². The molecule has 2 aromatic rings. The Bertz CT molecular complexity index is 934. The van der Waals surface area contributed by atoms with E-state index in [9.17, 15) is 9.90 Å². The smallest absolute Gasteiger partial charge is 0.256 e. The van der Waals surface area contributed by atoms with Gasteiger partial charge < -0.3 is 16.2 Å². The number of fused-ring (bicyclic) bond motifs is 1. The van der Waals surface area contributed by atoms with Crippen molar-refractivity contribution >= 4 is 11.7 Å². The number of carbonyl (C=O) groups excluding carboxylic acids is 1. The van der Waals surface area contributed by atoms with Crippen LogP contribution in [-0.4, -0.2) is 40.5 Å². The summed E-state index contributed by atoms with van der Waals surface area (Å²) in [6.45, 7) is 3.55. The molecule has 6 nitrogen and oxygen atoms in total. The number of aliphatic hydroxyl groups is 1. The van der Waals surface area contributed by atoms with Gasteiger partial charge in [-0.1, -0.05) is 55.7 Å². The molecular weight excluding hydrogens is 400 g/mol. The first kappa shape index (κ1) is 21.4. The maximum Gasteiger partial charge on any atom is 0.256 e. The van der Waals surface area contributed by atoms with Crippen molar-refractivity contribution in [3.05, 3.63) is 59.8 Å². The van der Waals surface area contributed by atoms with Crippen molar-refractivity contribution in [2.75, 3.05) is 25.4 Å². The second kappa shape index (κ2) is 8.83. The number of nitrogens with zero attached hydrogens (tertiary/aromatic N) is 2. The molecule has 0 bridgehead atoms. The van der Waals surface area contributed by atoms with Gasteiger partial charge in [0.25, 0.3) is 5.91 Å². The number of nitrogens with two attached hydrogens (primary N) is 1. The van der Waals surface area contributed by atoms with Gasteiger partial charge in [0.2, 0.25) is 0 Å². The summed E-state index contributed by atoms with van der Waals surface area (Å²) in [5, 5.41) is 14.8. The van der Waals surface area contributed by atoms with Crippen LogP contribution in [0.25, 0.3) is 0 Å². The van der Waals surface area contributed by atoms with Crippen molar-refractivity contribution in [1.82, 2.24) is 15.2 Å². The topological polar surface area (TPSA) is 91.5 Å². The molecular formula is C26H34N4O2. The first-order chi connectivity index (χ1) is 15.6. The van der Waals surface area contributed by atoms with Crippen LogP contribution in [0.15, 0.2) is 48.5 Å². The number of rotatable bonds is 7. The molecule has 32 heavy (non-hydrogen) atoms. The Hall–Kier alpha value is -2.44. The van der Waals surface area contributed by atoms with Gasteiger partial charge in [0, 0.05) is 32.1 Å². The molecule has 170 valence electrons. The van der Waals surface area contributed by atoms with Crippen LogP contribution >= 0.6 is 0 Å². The van der Waals surface area contributed by atoms with Gasteiger partial charge in [0.15, 0.2) is 5.60 Å². The SMILES string of the molecule is Nc1cccc(CN2CC3C(CNC(=O)C(O)(c4ccccc4)C4CCCCC4)C3C2)n1. The standard InChI is InChI=1S/C26H34N4O2/c27-24-13-7-12-20(29-24)15-30-16-22-21(23(22)17-30)14-28-25(31)26(32,18-8-3-1-4-9-18)19-10-5-2-6-11-19/h1,3-4,7-9,12-13,19,21-23,32H,2,5-6,10-11,14-17H2,(H2,27,29)(H,28,31). The molecule has 1 amide bonds. The van der Waals surface area contributed by atoms with Crippen molar-refractivity contribution in [1.29, 1.82) is 0 Å². The maximum absolute atomic E-state index is 13.4. The lowest BCUT2D eigenvalue weighted by Crippen LogP contribution is -2.50. The quantitative estimate of drug-likeness (QED) is 0.623. The highest BCUT2D eigenvalue weighted by Gasteiger charge is 2.55. The third-order valence-corrected chi connectivity index (χ3v) is 7.92. The molecule has 3 fully saturated rings. The summed E-state index contributed by atoms with van der Waals surface area (Å²) < 4.78 is 0. The molecule has 1 saturated heterocycles. The number of aromatic nitrogens is 1. The van der Waals surface area contributed by atoms with E-state index in [1.807, 2.05) is 48.5 Å². The summed E-state index contributed by atoms with van der Waals surface area (Å²) in [6.07, 6.45) is 5.16. The molecule has 6 heteroatoms. The number of hydrogen-bond donors (Lipinski definition) is 3. The van der Waals surface area contributed by atoms with Gasteiger partial charge in [0.1, 0.15) is 5.82 Å². The van der Waals surface area contributed by atoms with E-state index >= 15 is 0 Å². The zero-order valence-corrected chi connectivity index (χ0v) is 18.6. The molecule has 3 aliphatic rings. The van der Waals surface area contributed by atoms with Crippen molar-refractivity contribution < 1.29 is 9.90 Å². The predicted octanol–water partition coefficient (Wildman–Crippen LogP) is 2.93. The van der Waals surface area contributed by atoms with E-state index in [0.717, 1.165) is 56.6 Å². The Morgan fingerprint density at radius 2 is 1.78 bits per heavy atom. The van der Waals surface area contributed by atoms with Crippen LogP contribution < -0.4 is 11.1 Å². The van der Waals surface area contributed by atoms with E-state index in [4.69, 9.17) is 5.73 Å². The predicted molar refractivity (Wildman–Crippen MR) is 124 cm³/mol. The highest BCUT2D eigenvalue weighted by atomic mass is 16.3. The fourth-order valence-corrected chi connectivity index (χ4v) is 6.09. The Kier molecular flexibility index (Phi) is 5.91. The molecule has 4 N–H and O–H groups in total. The van der Waals surface area contributed by atoms with Gasteiger partial charge in [-0.15, -0.1) is 0 Å². The molecule has 1 aromatic heterocycles. The monoisotopic (exact) mass is 434 g/mol. The zero-order chi connectivity index (χ0) is 22.1. The number of likely N-dealkylation sites (tertiary alicyclic amines) is 1. The van der Waals surface area contributed by atoms with Crippen molar-refractivity contribution in [2.24, 2.45) is 23.7 Å². The molecule has 2 saturated carbocycles. The lowest BCUT2D eigenvalue weighted by molar-refractivity contribution is -0.149. The molecule has 0 radical (unpaired) electrons. The van der Waals surface area contributed by atoms with Crippen LogP contribution in [-0.2, 0) is 16.9 Å². The summed E-state index contributed by atoms with van der Waals surface area (Å²) in [6, 6.07) is 15.3. The third-order valence-electron chi connectivity index (χ3n) is 7.92. The highest BCUT2D eigenvalue weighted by molar-refractivity contribution is 5.86. The number of nitrogen functional groups attached to an aromatic ring is 1.